The highest BCUT2D eigenvalue weighted by molar-refractivity contribution is 4.97. The average Bonchev–Trinajstić information content (AvgIpc) is 3.03. The van der Waals surface area contributed by atoms with E-state index in [-0.39, 0.29) is 0 Å². The molecule has 0 aromatic rings. The Bertz CT molecular complexity index is 912. The molecular formula is C24H42O21. The van der Waals surface area contributed by atoms with Crippen molar-refractivity contribution in [1.29, 1.82) is 0 Å². The van der Waals surface area contributed by atoms with Gasteiger partial charge in [-0.05, 0) is 0 Å². The quantitative estimate of drug-likeness (QED) is 0.103. The van der Waals surface area contributed by atoms with Crippen LogP contribution in [0, 0.1) is 0 Å². The van der Waals surface area contributed by atoms with Crippen LogP contribution in [0.1, 0.15) is 0 Å². The maximum atomic E-state index is 11.1. The standard InChI is InChI=1S/C24H42O21/c25-1-5-9(28)11(30)16(35)22(41-5)39-4-8-20(45-23-17(36)12(31)10(29)6(2-26)42-23)14(33)18(37)24(43-8)44-19-7(3-27)40-21(38)15(34)13(19)32/h5-38H,1-4H2/t5-,6-,7-,8-,9-,10-,11+,12+,13-,14-,15-,16+,17-,18-,19-,20+,21+,22+,23-,24-/m1/s1. The van der Waals surface area contributed by atoms with E-state index in [4.69, 9.17) is 33.2 Å². The number of rotatable bonds is 10. The molecule has 0 aromatic carbocycles. The molecular weight excluding hydrogens is 624 g/mol. The first-order chi connectivity index (χ1) is 21.2. The predicted octanol–water partition coefficient (Wildman–Crippen LogP) is -9.75. The molecule has 45 heavy (non-hydrogen) atoms. The van der Waals surface area contributed by atoms with Gasteiger partial charge in [-0.15, -0.1) is 0 Å². The average molecular weight is 667 g/mol. The van der Waals surface area contributed by atoms with Crippen molar-refractivity contribution in [2.45, 2.75) is 123 Å². The van der Waals surface area contributed by atoms with Gasteiger partial charge in [-0.2, -0.15) is 0 Å². The monoisotopic (exact) mass is 666 g/mol. The molecule has 0 radical (unpaired) electrons. The summed E-state index contributed by atoms with van der Waals surface area (Å²) in [6.45, 7) is -3.21. The molecule has 0 aromatic heterocycles. The molecule has 0 spiro atoms. The van der Waals surface area contributed by atoms with E-state index in [1.807, 2.05) is 0 Å². The van der Waals surface area contributed by atoms with E-state index in [0.29, 0.717) is 0 Å². The minimum atomic E-state index is -2.06. The minimum absolute atomic E-state index is 0.761. The number of ether oxygens (including phenoxy) is 7. The molecule has 0 aliphatic carbocycles. The second-order valence-electron chi connectivity index (χ2n) is 11.2. The summed E-state index contributed by atoms with van der Waals surface area (Å²) in [6.07, 6.45) is -35.6. The molecule has 0 saturated carbocycles. The van der Waals surface area contributed by atoms with E-state index in [1.165, 1.54) is 0 Å². The molecule has 21 nitrogen and oxygen atoms in total. The van der Waals surface area contributed by atoms with Crippen LogP contribution >= 0.6 is 0 Å². The van der Waals surface area contributed by atoms with Crippen molar-refractivity contribution >= 4 is 0 Å². The van der Waals surface area contributed by atoms with E-state index in [0.717, 1.165) is 0 Å². The molecule has 14 N–H and O–H groups in total. The summed E-state index contributed by atoms with van der Waals surface area (Å²) in [5.74, 6) is 0. The Morgan fingerprint density at radius 3 is 1.29 bits per heavy atom. The van der Waals surface area contributed by atoms with Crippen LogP contribution in [0.25, 0.3) is 0 Å². The topological polar surface area (TPSA) is 348 Å². The molecule has 0 amide bonds. The second kappa shape index (κ2) is 15.6. The van der Waals surface area contributed by atoms with Crippen molar-refractivity contribution in [1.82, 2.24) is 0 Å². The van der Waals surface area contributed by atoms with Gasteiger partial charge in [0.15, 0.2) is 25.2 Å². The highest BCUT2D eigenvalue weighted by Crippen LogP contribution is 2.33. The number of aliphatic hydroxyl groups is 14. The fourth-order valence-electron chi connectivity index (χ4n) is 5.44. The van der Waals surface area contributed by atoms with Crippen molar-refractivity contribution in [3.63, 3.8) is 0 Å². The Morgan fingerprint density at radius 2 is 0.778 bits per heavy atom. The summed E-state index contributed by atoms with van der Waals surface area (Å²) >= 11 is 0. The maximum Gasteiger partial charge on any atom is 0.187 e. The molecule has 4 saturated heterocycles. The molecule has 4 rings (SSSR count). The zero-order valence-corrected chi connectivity index (χ0v) is 23.5. The number of hydrogen-bond donors (Lipinski definition) is 14. The molecule has 4 fully saturated rings. The fraction of sp³-hybridized carbons (Fsp3) is 1.00. The highest BCUT2D eigenvalue weighted by atomic mass is 16.8. The Kier molecular flexibility index (Phi) is 12.8. The summed E-state index contributed by atoms with van der Waals surface area (Å²) in [6, 6.07) is 0. The van der Waals surface area contributed by atoms with E-state index in [1.54, 1.807) is 0 Å². The summed E-state index contributed by atoms with van der Waals surface area (Å²) < 4.78 is 38.0. The van der Waals surface area contributed by atoms with E-state index in [9.17, 15) is 71.5 Å². The van der Waals surface area contributed by atoms with Gasteiger partial charge in [0.05, 0.1) is 26.4 Å². The van der Waals surface area contributed by atoms with Crippen molar-refractivity contribution < 1.29 is 105 Å². The van der Waals surface area contributed by atoms with Crippen LogP contribution in [0.2, 0.25) is 0 Å². The van der Waals surface area contributed by atoms with Crippen LogP contribution in [-0.2, 0) is 33.2 Å². The largest absolute Gasteiger partial charge is 0.394 e. The van der Waals surface area contributed by atoms with Crippen LogP contribution in [0.3, 0.4) is 0 Å². The molecule has 264 valence electrons. The molecule has 4 aliphatic heterocycles. The Balaban J connectivity index is 1.56. The van der Waals surface area contributed by atoms with E-state index in [2.05, 4.69) is 0 Å². The maximum absolute atomic E-state index is 11.1. The SMILES string of the molecule is OC[C@H]1O[C@H](OC[C@H]2O[C@H](O[C@H]3[C@H](O)[C@@H](O)[C@@H](O)O[C@@H]3CO)[C@H](O)[C@@H](O)[C@H]2O[C@H]2O[C@H](CO)[C@@H](O)[C@H](O)[C@H]2O)[C@@H](O)[C@@H](O)[C@@H]1O. The van der Waals surface area contributed by atoms with Crippen LogP contribution < -0.4 is 0 Å². The lowest BCUT2D eigenvalue weighted by Crippen LogP contribution is -2.67. The molecule has 4 aliphatic rings. The molecule has 20 atom stereocenters. The van der Waals surface area contributed by atoms with Gasteiger partial charge in [-0.1, -0.05) is 0 Å². The highest BCUT2D eigenvalue weighted by Gasteiger charge is 2.54. The van der Waals surface area contributed by atoms with Crippen LogP contribution in [-0.4, -0.2) is 221 Å². The number of hydrogen-bond acceptors (Lipinski definition) is 21. The smallest absolute Gasteiger partial charge is 0.187 e. The van der Waals surface area contributed by atoms with Gasteiger partial charge in [0.25, 0.3) is 0 Å². The summed E-state index contributed by atoms with van der Waals surface area (Å²) in [7, 11) is 0. The van der Waals surface area contributed by atoms with E-state index >= 15 is 0 Å². The minimum Gasteiger partial charge on any atom is -0.394 e. The van der Waals surface area contributed by atoms with Crippen LogP contribution in [0.15, 0.2) is 0 Å². The Hall–Kier alpha value is -0.840. The Morgan fingerprint density at radius 1 is 0.378 bits per heavy atom. The zero-order chi connectivity index (χ0) is 33.3. The predicted molar refractivity (Wildman–Crippen MR) is 134 cm³/mol. The summed E-state index contributed by atoms with van der Waals surface area (Å²) in [5, 5.41) is 142. The third-order valence-electron chi connectivity index (χ3n) is 8.18. The van der Waals surface area contributed by atoms with Crippen molar-refractivity contribution in [2.75, 3.05) is 26.4 Å². The van der Waals surface area contributed by atoms with Gasteiger partial charge >= 0.3 is 0 Å². The van der Waals surface area contributed by atoms with Crippen molar-refractivity contribution in [3.05, 3.63) is 0 Å². The molecule has 0 bridgehead atoms. The molecule has 0 unspecified atom stereocenters. The fourth-order valence-corrected chi connectivity index (χ4v) is 5.44. The van der Waals surface area contributed by atoms with Gasteiger partial charge in [0.2, 0.25) is 0 Å². The first-order valence-corrected chi connectivity index (χ1v) is 14.1. The lowest BCUT2D eigenvalue weighted by atomic mass is 9.96. The van der Waals surface area contributed by atoms with Gasteiger partial charge in [-0.3, -0.25) is 0 Å². The molecule has 21 heteroatoms. The Labute approximate surface area is 254 Å². The zero-order valence-electron chi connectivity index (χ0n) is 23.5. The van der Waals surface area contributed by atoms with Crippen LogP contribution in [0.4, 0.5) is 0 Å². The normalized spacial score (nSPS) is 52.9. The second-order valence-corrected chi connectivity index (χ2v) is 11.2. The van der Waals surface area contributed by atoms with Crippen molar-refractivity contribution in [2.24, 2.45) is 0 Å². The van der Waals surface area contributed by atoms with E-state index < -0.39 is 149 Å². The van der Waals surface area contributed by atoms with Gasteiger partial charge in [-0.25, -0.2) is 0 Å². The van der Waals surface area contributed by atoms with Crippen molar-refractivity contribution in [3.8, 4) is 0 Å². The summed E-state index contributed by atoms with van der Waals surface area (Å²) in [5.41, 5.74) is 0. The first kappa shape index (κ1) is 37.0. The number of aliphatic hydroxyl groups excluding tert-OH is 14. The third-order valence-corrected chi connectivity index (χ3v) is 8.18. The summed E-state index contributed by atoms with van der Waals surface area (Å²) in [4.78, 5) is 0. The van der Waals surface area contributed by atoms with Gasteiger partial charge < -0.3 is 105 Å². The third kappa shape index (κ3) is 7.59. The lowest BCUT2D eigenvalue weighted by molar-refractivity contribution is -0.383. The first-order valence-electron chi connectivity index (χ1n) is 14.1. The van der Waals surface area contributed by atoms with Crippen LogP contribution in [0.5, 0.6) is 0 Å². The van der Waals surface area contributed by atoms with Gasteiger partial charge in [0, 0.05) is 0 Å². The lowest BCUT2D eigenvalue weighted by Gasteiger charge is -2.48. The van der Waals surface area contributed by atoms with Gasteiger partial charge in [0.1, 0.15) is 97.7 Å². The molecule has 4 heterocycles.